The van der Waals surface area contributed by atoms with Crippen molar-refractivity contribution in [2.75, 3.05) is 13.6 Å². The van der Waals surface area contributed by atoms with Gasteiger partial charge < -0.3 is 4.79 Å². The van der Waals surface area contributed by atoms with Crippen molar-refractivity contribution >= 4 is 6.29 Å². The summed E-state index contributed by atoms with van der Waals surface area (Å²) in [7, 11) is 2.02. The van der Waals surface area contributed by atoms with Crippen LogP contribution < -0.4 is 0 Å². The highest BCUT2D eigenvalue weighted by Gasteiger charge is 2.27. The number of carbonyl (C=O) groups excluding carboxylic acids is 1. The molecule has 0 radical (unpaired) electrons. The molecule has 2 unspecified atom stereocenters. The van der Waals surface area contributed by atoms with Gasteiger partial charge in [-0.15, -0.1) is 0 Å². The summed E-state index contributed by atoms with van der Waals surface area (Å²) < 4.78 is 0. The van der Waals surface area contributed by atoms with Gasteiger partial charge in [0.2, 0.25) is 0 Å². The van der Waals surface area contributed by atoms with E-state index < -0.39 is 0 Å². The van der Waals surface area contributed by atoms with Gasteiger partial charge in [-0.1, -0.05) is 13.3 Å². The van der Waals surface area contributed by atoms with Crippen LogP contribution in [0.15, 0.2) is 0 Å². The van der Waals surface area contributed by atoms with Crippen LogP contribution in [0.2, 0.25) is 0 Å². The van der Waals surface area contributed by atoms with Crippen molar-refractivity contribution < 1.29 is 4.79 Å². The molecule has 2 heteroatoms. The first-order chi connectivity index (χ1) is 4.77. The van der Waals surface area contributed by atoms with Crippen LogP contribution in [0.5, 0.6) is 0 Å². The van der Waals surface area contributed by atoms with Crippen molar-refractivity contribution in [3.8, 4) is 0 Å². The number of rotatable bonds is 2. The van der Waals surface area contributed by atoms with E-state index in [4.69, 9.17) is 0 Å². The zero-order valence-electron chi connectivity index (χ0n) is 6.71. The van der Waals surface area contributed by atoms with Gasteiger partial charge in [0, 0.05) is 6.54 Å². The molecule has 1 saturated heterocycles. The van der Waals surface area contributed by atoms with Crippen LogP contribution in [0.25, 0.3) is 0 Å². The molecule has 1 aliphatic heterocycles. The zero-order valence-corrected chi connectivity index (χ0v) is 6.71. The smallest absolute Gasteiger partial charge is 0.137 e. The summed E-state index contributed by atoms with van der Waals surface area (Å²) in [5.74, 6) is 0.750. The Hall–Kier alpha value is -0.370. The molecule has 0 aromatic heterocycles. The first-order valence-corrected chi connectivity index (χ1v) is 3.93. The SMILES string of the molecule is CCC1CC(C=O)N(C)C1. The van der Waals surface area contributed by atoms with Gasteiger partial charge in [-0.05, 0) is 19.4 Å². The topological polar surface area (TPSA) is 20.3 Å². The van der Waals surface area contributed by atoms with E-state index in [1.165, 1.54) is 6.42 Å². The second-order valence-electron chi connectivity index (χ2n) is 3.15. The van der Waals surface area contributed by atoms with Crippen molar-refractivity contribution in [1.29, 1.82) is 0 Å². The van der Waals surface area contributed by atoms with Gasteiger partial charge in [-0.2, -0.15) is 0 Å². The number of aldehydes is 1. The molecule has 1 aliphatic rings. The van der Waals surface area contributed by atoms with Crippen molar-refractivity contribution in [3.63, 3.8) is 0 Å². The Morgan fingerprint density at radius 3 is 2.70 bits per heavy atom. The fourth-order valence-electron chi connectivity index (χ4n) is 1.59. The van der Waals surface area contributed by atoms with Gasteiger partial charge in [-0.25, -0.2) is 0 Å². The molecule has 1 heterocycles. The van der Waals surface area contributed by atoms with Crippen LogP contribution in [-0.4, -0.2) is 30.8 Å². The van der Waals surface area contributed by atoms with Gasteiger partial charge in [0.05, 0.1) is 6.04 Å². The number of hydrogen-bond donors (Lipinski definition) is 0. The van der Waals surface area contributed by atoms with Crippen LogP contribution in [0.4, 0.5) is 0 Å². The maximum atomic E-state index is 10.4. The highest BCUT2D eigenvalue weighted by Crippen LogP contribution is 2.22. The number of hydrogen-bond acceptors (Lipinski definition) is 2. The van der Waals surface area contributed by atoms with Crippen LogP contribution in [0.3, 0.4) is 0 Å². The molecular weight excluding hydrogens is 126 g/mol. The molecule has 0 amide bonds. The molecule has 0 bridgehead atoms. The molecule has 0 N–H and O–H groups in total. The van der Waals surface area contributed by atoms with Crippen molar-refractivity contribution in [1.82, 2.24) is 4.90 Å². The average Bonchev–Trinajstić information content (AvgIpc) is 2.30. The summed E-state index contributed by atoms with van der Waals surface area (Å²) in [6, 6.07) is 0.199. The van der Waals surface area contributed by atoms with E-state index >= 15 is 0 Å². The third-order valence-corrected chi connectivity index (χ3v) is 2.42. The van der Waals surface area contributed by atoms with Gasteiger partial charge in [0.15, 0.2) is 0 Å². The van der Waals surface area contributed by atoms with Gasteiger partial charge in [0.25, 0.3) is 0 Å². The van der Waals surface area contributed by atoms with E-state index in [0.717, 1.165) is 25.2 Å². The molecule has 2 nitrogen and oxygen atoms in total. The first-order valence-electron chi connectivity index (χ1n) is 3.93. The minimum Gasteiger partial charge on any atom is -0.302 e. The minimum absolute atomic E-state index is 0.199. The third-order valence-electron chi connectivity index (χ3n) is 2.42. The predicted octanol–water partition coefficient (Wildman–Crippen LogP) is 0.916. The van der Waals surface area contributed by atoms with E-state index in [0.29, 0.717) is 0 Å². The molecule has 10 heavy (non-hydrogen) atoms. The van der Waals surface area contributed by atoms with E-state index in [9.17, 15) is 4.79 Å². The highest BCUT2D eigenvalue weighted by atomic mass is 16.1. The number of carbonyl (C=O) groups is 1. The van der Waals surface area contributed by atoms with E-state index in [2.05, 4.69) is 11.8 Å². The Balaban J connectivity index is 2.43. The lowest BCUT2D eigenvalue weighted by Crippen LogP contribution is -2.25. The van der Waals surface area contributed by atoms with E-state index in [1.54, 1.807) is 0 Å². The van der Waals surface area contributed by atoms with Gasteiger partial charge in [-0.3, -0.25) is 4.90 Å². The molecule has 1 rings (SSSR count). The summed E-state index contributed by atoms with van der Waals surface area (Å²) in [6.07, 6.45) is 3.33. The number of likely N-dealkylation sites (N-methyl/N-ethyl adjacent to an activating group) is 1. The molecule has 58 valence electrons. The fraction of sp³-hybridized carbons (Fsp3) is 0.875. The first kappa shape index (κ1) is 7.73. The van der Waals surface area contributed by atoms with Crippen molar-refractivity contribution in [2.45, 2.75) is 25.8 Å². The second-order valence-corrected chi connectivity index (χ2v) is 3.15. The fourth-order valence-corrected chi connectivity index (χ4v) is 1.59. The molecule has 1 fully saturated rings. The average molecular weight is 141 g/mol. The lowest BCUT2D eigenvalue weighted by atomic mass is 10.0. The lowest BCUT2D eigenvalue weighted by Gasteiger charge is -2.11. The Bertz CT molecular complexity index is 124. The van der Waals surface area contributed by atoms with Gasteiger partial charge >= 0.3 is 0 Å². The molecule has 0 spiro atoms. The summed E-state index contributed by atoms with van der Waals surface area (Å²) in [5.41, 5.74) is 0. The quantitative estimate of drug-likeness (QED) is 0.533. The molecule has 0 aromatic carbocycles. The van der Waals surface area contributed by atoms with Crippen LogP contribution in [0.1, 0.15) is 19.8 Å². The number of nitrogens with zero attached hydrogens (tertiary/aromatic N) is 1. The summed E-state index contributed by atoms with van der Waals surface area (Å²) >= 11 is 0. The monoisotopic (exact) mass is 141 g/mol. The largest absolute Gasteiger partial charge is 0.302 e. The van der Waals surface area contributed by atoms with E-state index in [1.807, 2.05) is 7.05 Å². The Labute approximate surface area is 62.2 Å². The number of likely N-dealkylation sites (tertiary alicyclic amines) is 1. The summed E-state index contributed by atoms with van der Waals surface area (Å²) in [6.45, 7) is 3.28. The normalized spacial score (nSPS) is 34.6. The molecular formula is C8H15NO. The Morgan fingerprint density at radius 1 is 1.70 bits per heavy atom. The maximum absolute atomic E-state index is 10.4. The molecule has 2 atom stereocenters. The Morgan fingerprint density at radius 2 is 2.40 bits per heavy atom. The predicted molar refractivity (Wildman–Crippen MR) is 40.9 cm³/mol. The van der Waals surface area contributed by atoms with Crippen LogP contribution >= 0.6 is 0 Å². The zero-order chi connectivity index (χ0) is 7.56. The third kappa shape index (κ3) is 1.37. The standard InChI is InChI=1S/C8H15NO/c1-3-7-4-8(6-10)9(2)5-7/h6-8H,3-5H2,1-2H3. The summed E-state index contributed by atoms with van der Waals surface area (Å²) in [5, 5.41) is 0. The minimum atomic E-state index is 0.199. The van der Waals surface area contributed by atoms with Crippen LogP contribution in [0, 0.1) is 5.92 Å². The molecule has 0 aromatic rings. The van der Waals surface area contributed by atoms with Crippen LogP contribution in [-0.2, 0) is 4.79 Å². The van der Waals surface area contributed by atoms with Crippen molar-refractivity contribution in [2.24, 2.45) is 5.92 Å². The van der Waals surface area contributed by atoms with Crippen molar-refractivity contribution in [3.05, 3.63) is 0 Å². The molecule has 0 aliphatic carbocycles. The lowest BCUT2D eigenvalue weighted by molar-refractivity contribution is -0.111. The Kier molecular flexibility index (Phi) is 2.44. The van der Waals surface area contributed by atoms with Gasteiger partial charge in [0.1, 0.15) is 6.29 Å². The second kappa shape index (κ2) is 3.15. The molecule has 0 saturated carbocycles. The summed E-state index contributed by atoms with van der Waals surface area (Å²) in [4.78, 5) is 12.6. The highest BCUT2D eigenvalue weighted by molar-refractivity contribution is 5.58. The maximum Gasteiger partial charge on any atom is 0.137 e. The van der Waals surface area contributed by atoms with E-state index in [-0.39, 0.29) is 6.04 Å².